The molecule has 1 atom stereocenters. The smallest absolute Gasteiger partial charge is 0.317 e. The molecule has 1 aliphatic heterocycles. The number of carbonyl (C=O) groups excluding carboxylic acids is 1. The van der Waals surface area contributed by atoms with Crippen molar-refractivity contribution in [1.82, 2.24) is 10.2 Å². The number of nitrogens with zero attached hydrogens (tertiary/aromatic N) is 1. The minimum atomic E-state index is -0.309. The molecule has 1 aliphatic rings. The number of amides is 2. The normalized spacial score (nSPS) is 24.7. The molecular weight excluding hydrogens is 202 g/mol. The van der Waals surface area contributed by atoms with E-state index < -0.39 is 0 Å². The molecule has 1 unspecified atom stereocenters. The van der Waals surface area contributed by atoms with Crippen LogP contribution in [0, 0.1) is 0 Å². The number of carbonyl (C=O) groups is 1. The maximum Gasteiger partial charge on any atom is 0.317 e. The van der Waals surface area contributed by atoms with Gasteiger partial charge in [-0.25, -0.2) is 4.79 Å². The van der Waals surface area contributed by atoms with Gasteiger partial charge in [-0.2, -0.15) is 0 Å². The fourth-order valence-electron chi connectivity index (χ4n) is 2.12. The van der Waals surface area contributed by atoms with Gasteiger partial charge in [0.1, 0.15) is 0 Å². The second-order valence-corrected chi connectivity index (χ2v) is 4.52. The second kappa shape index (κ2) is 3.79. The first-order valence-corrected chi connectivity index (χ1v) is 5.38. The molecule has 1 aromatic carbocycles. The summed E-state index contributed by atoms with van der Waals surface area (Å²) in [5.41, 5.74) is 7.50. The van der Waals surface area contributed by atoms with E-state index >= 15 is 0 Å². The summed E-state index contributed by atoms with van der Waals surface area (Å²) in [6, 6.07) is 8.03. The Kier molecular flexibility index (Phi) is 2.59. The van der Waals surface area contributed by atoms with Gasteiger partial charge in [-0.05, 0) is 18.1 Å². The third kappa shape index (κ3) is 1.76. The molecule has 4 nitrogen and oxygen atoms in total. The minimum Gasteiger partial charge on any atom is -0.327 e. The molecule has 0 aliphatic carbocycles. The molecule has 86 valence electrons. The van der Waals surface area contributed by atoms with E-state index in [1.165, 1.54) is 0 Å². The van der Waals surface area contributed by atoms with Crippen molar-refractivity contribution in [1.29, 1.82) is 0 Å². The zero-order valence-electron chi connectivity index (χ0n) is 9.66. The molecule has 2 rings (SSSR count). The summed E-state index contributed by atoms with van der Waals surface area (Å²) in [5, 5.41) is 2.99. The van der Waals surface area contributed by atoms with Gasteiger partial charge in [0, 0.05) is 20.1 Å². The van der Waals surface area contributed by atoms with Crippen molar-refractivity contribution in [3.8, 4) is 0 Å². The van der Waals surface area contributed by atoms with Crippen molar-refractivity contribution in [3.05, 3.63) is 35.4 Å². The van der Waals surface area contributed by atoms with Gasteiger partial charge in [-0.3, -0.25) is 0 Å². The summed E-state index contributed by atoms with van der Waals surface area (Å²) in [7, 11) is 1.80. The number of hydrogen-bond donors (Lipinski definition) is 2. The Morgan fingerprint density at radius 2 is 2.31 bits per heavy atom. The maximum absolute atomic E-state index is 11.5. The Morgan fingerprint density at radius 1 is 1.56 bits per heavy atom. The molecule has 1 heterocycles. The van der Waals surface area contributed by atoms with E-state index in [0.29, 0.717) is 13.1 Å². The second-order valence-electron chi connectivity index (χ2n) is 4.52. The van der Waals surface area contributed by atoms with Crippen molar-refractivity contribution in [2.45, 2.75) is 19.0 Å². The van der Waals surface area contributed by atoms with E-state index in [-0.39, 0.29) is 11.6 Å². The lowest BCUT2D eigenvalue weighted by Gasteiger charge is -2.24. The average Bonchev–Trinajstić information content (AvgIpc) is 2.54. The van der Waals surface area contributed by atoms with Crippen LogP contribution in [-0.2, 0) is 12.1 Å². The van der Waals surface area contributed by atoms with E-state index in [4.69, 9.17) is 5.73 Å². The van der Waals surface area contributed by atoms with Crippen LogP contribution in [0.3, 0.4) is 0 Å². The molecule has 1 fully saturated rings. The first-order chi connectivity index (χ1) is 7.55. The van der Waals surface area contributed by atoms with Gasteiger partial charge >= 0.3 is 6.03 Å². The molecule has 3 N–H and O–H groups in total. The van der Waals surface area contributed by atoms with Crippen LogP contribution in [0.25, 0.3) is 0 Å². The third-order valence-electron chi connectivity index (χ3n) is 3.08. The summed E-state index contributed by atoms with van der Waals surface area (Å²) in [6.45, 7) is 3.23. The zero-order chi connectivity index (χ0) is 11.8. The molecule has 0 saturated carbocycles. The Hall–Kier alpha value is -1.55. The highest BCUT2D eigenvalue weighted by Gasteiger charge is 2.38. The Morgan fingerprint density at radius 3 is 2.88 bits per heavy atom. The first-order valence-electron chi connectivity index (χ1n) is 5.38. The molecule has 16 heavy (non-hydrogen) atoms. The summed E-state index contributed by atoms with van der Waals surface area (Å²) >= 11 is 0. The molecule has 0 bridgehead atoms. The number of hydrogen-bond acceptors (Lipinski definition) is 2. The summed E-state index contributed by atoms with van der Waals surface area (Å²) in [4.78, 5) is 13.2. The number of nitrogens with two attached hydrogens (primary N) is 1. The summed E-state index contributed by atoms with van der Waals surface area (Å²) in [6.07, 6.45) is 0. The van der Waals surface area contributed by atoms with Crippen LogP contribution in [-0.4, -0.2) is 24.5 Å². The number of rotatable bonds is 2. The highest BCUT2D eigenvalue weighted by molar-refractivity contribution is 5.78. The lowest BCUT2D eigenvalue weighted by molar-refractivity contribution is 0.226. The van der Waals surface area contributed by atoms with Crippen LogP contribution >= 0.6 is 0 Å². The van der Waals surface area contributed by atoms with Crippen molar-refractivity contribution in [2.75, 3.05) is 13.6 Å². The number of likely N-dealkylation sites (N-methyl/N-ethyl adjacent to an activating group) is 1. The van der Waals surface area contributed by atoms with Gasteiger partial charge < -0.3 is 16.0 Å². The van der Waals surface area contributed by atoms with Gasteiger partial charge in [0.2, 0.25) is 0 Å². The van der Waals surface area contributed by atoms with Crippen LogP contribution in [0.15, 0.2) is 24.3 Å². The van der Waals surface area contributed by atoms with Gasteiger partial charge in [-0.1, -0.05) is 24.3 Å². The monoisotopic (exact) mass is 219 g/mol. The van der Waals surface area contributed by atoms with Gasteiger partial charge in [-0.15, -0.1) is 0 Å². The highest BCUT2D eigenvalue weighted by Crippen LogP contribution is 2.26. The van der Waals surface area contributed by atoms with Crippen LogP contribution in [0.5, 0.6) is 0 Å². The fraction of sp³-hybridized carbons (Fsp3) is 0.417. The third-order valence-corrected chi connectivity index (χ3v) is 3.08. The van der Waals surface area contributed by atoms with E-state index in [2.05, 4.69) is 11.4 Å². The maximum atomic E-state index is 11.5. The number of nitrogens with one attached hydrogen (secondary N) is 1. The molecule has 0 spiro atoms. The molecule has 2 amide bonds. The molecule has 0 radical (unpaired) electrons. The molecular formula is C12H17N3O. The van der Waals surface area contributed by atoms with Gasteiger partial charge in [0.15, 0.2) is 0 Å². The largest absolute Gasteiger partial charge is 0.327 e. The van der Waals surface area contributed by atoms with Crippen molar-refractivity contribution in [2.24, 2.45) is 5.73 Å². The van der Waals surface area contributed by atoms with Gasteiger partial charge in [0.05, 0.1) is 5.54 Å². The van der Waals surface area contributed by atoms with E-state index in [0.717, 1.165) is 11.1 Å². The summed E-state index contributed by atoms with van der Waals surface area (Å²) in [5.74, 6) is 0. The van der Waals surface area contributed by atoms with Crippen LogP contribution in [0.2, 0.25) is 0 Å². The lowest BCUT2D eigenvalue weighted by Crippen LogP contribution is -2.37. The fourth-order valence-corrected chi connectivity index (χ4v) is 2.12. The van der Waals surface area contributed by atoms with Gasteiger partial charge in [0.25, 0.3) is 0 Å². The molecule has 0 aromatic heterocycles. The highest BCUT2D eigenvalue weighted by atomic mass is 16.2. The van der Waals surface area contributed by atoms with Crippen molar-refractivity contribution < 1.29 is 4.79 Å². The van der Waals surface area contributed by atoms with Crippen LogP contribution in [0.1, 0.15) is 18.1 Å². The van der Waals surface area contributed by atoms with Crippen molar-refractivity contribution >= 4 is 6.03 Å². The van der Waals surface area contributed by atoms with E-state index in [1.807, 2.05) is 25.1 Å². The predicted molar refractivity (Wildman–Crippen MR) is 62.8 cm³/mol. The lowest BCUT2D eigenvalue weighted by atomic mass is 9.91. The topological polar surface area (TPSA) is 58.4 Å². The SMILES string of the molecule is CN1CC(C)(c2cccc(CN)c2)NC1=O. The number of urea groups is 1. The minimum absolute atomic E-state index is 0.0272. The number of benzene rings is 1. The zero-order valence-corrected chi connectivity index (χ0v) is 9.66. The van der Waals surface area contributed by atoms with E-state index in [1.54, 1.807) is 11.9 Å². The summed E-state index contributed by atoms with van der Waals surface area (Å²) < 4.78 is 0. The Balaban J connectivity index is 2.33. The Labute approximate surface area is 95.4 Å². The first kappa shape index (κ1) is 11.0. The quantitative estimate of drug-likeness (QED) is 0.780. The van der Waals surface area contributed by atoms with Crippen LogP contribution in [0.4, 0.5) is 4.79 Å². The predicted octanol–water partition coefficient (Wildman–Crippen LogP) is 1.02. The molecule has 1 saturated heterocycles. The molecule has 4 heteroatoms. The van der Waals surface area contributed by atoms with Crippen LogP contribution < -0.4 is 11.1 Å². The molecule has 1 aromatic rings. The van der Waals surface area contributed by atoms with E-state index in [9.17, 15) is 4.79 Å². The standard InChI is InChI=1S/C12H17N3O/c1-12(8-15(2)11(16)14-12)10-5-3-4-9(6-10)7-13/h3-6H,7-8,13H2,1-2H3,(H,14,16). The van der Waals surface area contributed by atoms with Crippen molar-refractivity contribution in [3.63, 3.8) is 0 Å². The Bertz CT molecular complexity index is 418. The average molecular weight is 219 g/mol.